The van der Waals surface area contributed by atoms with Crippen LogP contribution in [0.1, 0.15) is 50.2 Å². The Bertz CT molecular complexity index is 1230. The van der Waals surface area contributed by atoms with E-state index in [1.807, 2.05) is 43.3 Å². The largest absolute Gasteiger partial charge is 0.497 e. The van der Waals surface area contributed by atoms with Crippen LogP contribution in [0.4, 0.5) is 0 Å². The first-order valence-corrected chi connectivity index (χ1v) is 11.0. The number of carboxylic acids is 1. The number of nitrogens with zero attached hydrogens (tertiary/aromatic N) is 3. The third-order valence-electron chi connectivity index (χ3n) is 5.36. The molecule has 9 nitrogen and oxygen atoms in total. The number of carboxylic acid groups (broad SMARTS) is 1. The van der Waals surface area contributed by atoms with Crippen molar-refractivity contribution in [3.05, 3.63) is 88.5 Å². The summed E-state index contributed by atoms with van der Waals surface area (Å²) in [4.78, 5) is 45.8. The summed E-state index contributed by atoms with van der Waals surface area (Å²) in [6.07, 6.45) is 1.29. The summed E-state index contributed by atoms with van der Waals surface area (Å²) >= 11 is 0. The minimum absolute atomic E-state index is 0.0189. The summed E-state index contributed by atoms with van der Waals surface area (Å²) in [6, 6.07) is 14.4. The molecule has 0 atom stereocenters. The third kappa shape index (κ3) is 7.44. The van der Waals surface area contributed by atoms with Crippen LogP contribution >= 0.6 is 0 Å². The molecule has 0 aliphatic carbocycles. The third-order valence-corrected chi connectivity index (χ3v) is 5.36. The van der Waals surface area contributed by atoms with Crippen molar-refractivity contribution in [1.82, 2.24) is 20.2 Å². The smallest absolute Gasteiger partial charge is 0.317 e. The van der Waals surface area contributed by atoms with E-state index in [-0.39, 0.29) is 30.5 Å². The number of methoxy groups -OCH3 is 1. The molecular formula is C26H28N4O5. The zero-order valence-electron chi connectivity index (χ0n) is 19.9. The molecule has 1 heterocycles. The number of amides is 1. The van der Waals surface area contributed by atoms with Gasteiger partial charge in [0, 0.05) is 25.2 Å². The van der Waals surface area contributed by atoms with Crippen LogP contribution in [-0.2, 0) is 24.4 Å². The van der Waals surface area contributed by atoms with Crippen molar-refractivity contribution in [3.8, 4) is 5.75 Å². The monoisotopic (exact) mass is 476 g/mol. The van der Waals surface area contributed by atoms with Gasteiger partial charge in [-0.05, 0) is 48.7 Å². The highest BCUT2D eigenvalue weighted by atomic mass is 16.5. The highest BCUT2D eigenvalue weighted by Crippen LogP contribution is 2.16. The molecule has 0 aliphatic rings. The molecule has 9 heteroatoms. The lowest BCUT2D eigenvalue weighted by Crippen LogP contribution is -2.30. The molecule has 0 spiro atoms. The summed E-state index contributed by atoms with van der Waals surface area (Å²) in [5.41, 5.74) is 3.94. The zero-order valence-corrected chi connectivity index (χ0v) is 19.9. The molecule has 0 bridgehead atoms. The molecule has 0 aliphatic heterocycles. The summed E-state index contributed by atoms with van der Waals surface area (Å²) in [7, 11) is 1.58. The maximum atomic E-state index is 12.6. The minimum atomic E-state index is -0.979. The second-order valence-electron chi connectivity index (χ2n) is 8.17. The molecule has 0 unspecified atom stereocenters. The number of aromatic nitrogens is 2. The van der Waals surface area contributed by atoms with Crippen molar-refractivity contribution in [2.24, 2.45) is 0 Å². The van der Waals surface area contributed by atoms with Crippen LogP contribution in [0.2, 0.25) is 0 Å². The average molecular weight is 477 g/mol. The Morgan fingerprint density at radius 3 is 2.51 bits per heavy atom. The molecule has 3 aromatic rings. The number of ketones is 1. The van der Waals surface area contributed by atoms with Gasteiger partial charge in [-0.2, -0.15) is 0 Å². The molecular weight excluding hydrogens is 448 g/mol. The Labute approximate surface area is 203 Å². The number of ether oxygens (including phenoxy) is 1. The summed E-state index contributed by atoms with van der Waals surface area (Å²) in [5.74, 6) is -0.663. The number of carbonyl (C=O) groups excluding carboxylic acids is 2. The fraction of sp³-hybridized carbons (Fsp3) is 0.269. The van der Waals surface area contributed by atoms with E-state index >= 15 is 0 Å². The Morgan fingerprint density at radius 2 is 1.83 bits per heavy atom. The fourth-order valence-electron chi connectivity index (χ4n) is 3.73. The van der Waals surface area contributed by atoms with Gasteiger partial charge in [0.15, 0.2) is 5.78 Å². The van der Waals surface area contributed by atoms with E-state index < -0.39 is 5.97 Å². The van der Waals surface area contributed by atoms with Crippen LogP contribution in [0.3, 0.4) is 0 Å². The summed E-state index contributed by atoms with van der Waals surface area (Å²) < 4.78 is 5.20. The van der Waals surface area contributed by atoms with Crippen molar-refractivity contribution in [2.45, 2.75) is 33.5 Å². The second-order valence-corrected chi connectivity index (χ2v) is 8.17. The molecule has 1 aromatic heterocycles. The highest BCUT2D eigenvalue weighted by Gasteiger charge is 2.15. The standard InChI is InChI=1S/C26H28N4O5/c1-17-9-20(7-8-23(17)18(2)31)13-30(15-25(32)33)14-21-11-24(29-16-28-21)26(34)27-12-19-5-4-6-22(10-19)35-3/h4-11,16H,12-15H2,1-3H3,(H,27,34)(H,32,33). The number of hydrogen-bond donors (Lipinski definition) is 2. The van der Waals surface area contributed by atoms with E-state index in [1.54, 1.807) is 24.1 Å². The van der Waals surface area contributed by atoms with E-state index in [2.05, 4.69) is 15.3 Å². The van der Waals surface area contributed by atoms with Crippen LogP contribution in [-0.4, -0.2) is 51.3 Å². The van der Waals surface area contributed by atoms with E-state index in [4.69, 9.17) is 4.74 Å². The lowest BCUT2D eigenvalue weighted by atomic mass is 10.0. The number of aryl methyl sites for hydroxylation is 1. The predicted molar refractivity (Wildman–Crippen MR) is 129 cm³/mol. The van der Waals surface area contributed by atoms with Gasteiger partial charge in [0.25, 0.3) is 5.91 Å². The molecule has 0 saturated heterocycles. The molecule has 3 rings (SSSR count). The number of nitrogens with one attached hydrogen (secondary N) is 1. The lowest BCUT2D eigenvalue weighted by molar-refractivity contribution is -0.138. The predicted octanol–water partition coefficient (Wildman–Crippen LogP) is 3.01. The van der Waals surface area contributed by atoms with E-state index in [9.17, 15) is 19.5 Å². The lowest BCUT2D eigenvalue weighted by Gasteiger charge is -2.20. The normalized spacial score (nSPS) is 10.7. The number of Topliss-reactive ketones (excluding diaryl/α,β-unsaturated/α-hetero) is 1. The topological polar surface area (TPSA) is 122 Å². The van der Waals surface area contributed by atoms with E-state index in [1.165, 1.54) is 13.3 Å². The number of benzene rings is 2. The Morgan fingerprint density at radius 1 is 1.03 bits per heavy atom. The van der Waals surface area contributed by atoms with Gasteiger partial charge < -0.3 is 15.2 Å². The number of rotatable bonds is 11. The summed E-state index contributed by atoms with van der Waals surface area (Å²) in [6.45, 7) is 4.00. The quantitative estimate of drug-likeness (QED) is 0.405. The highest BCUT2D eigenvalue weighted by molar-refractivity contribution is 5.95. The van der Waals surface area contributed by atoms with Gasteiger partial charge in [-0.25, -0.2) is 9.97 Å². The Kier molecular flexibility index (Phi) is 8.63. The van der Waals surface area contributed by atoms with Crippen molar-refractivity contribution in [1.29, 1.82) is 0 Å². The number of hydrogen-bond acceptors (Lipinski definition) is 7. The van der Waals surface area contributed by atoms with Gasteiger partial charge >= 0.3 is 5.97 Å². The molecule has 1 amide bonds. The maximum absolute atomic E-state index is 12.6. The number of carbonyl (C=O) groups is 3. The van der Waals surface area contributed by atoms with Crippen LogP contribution in [0.15, 0.2) is 54.9 Å². The number of aliphatic carboxylic acids is 1. The molecule has 0 saturated carbocycles. The van der Waals surface area contributed by atoms with Gasteiger partial charge in [0.1, 0.15) is 17.8 Å². The van der Waals surface area contributed by atoms with Gasteiger partial charge in [-0.1, -0.05) is 30.3 Å². The minimum Gasteiger partial charge on any atom is -0.497 e. The summed E-state index contributed by atoms with van der Waals surface area (Å²) in [5, 5.41) is 12.2. The van der Waals surface area contributed by atoms with Gasteiger partial charge in [-0.3, -0.25) is 19.3 Å². The molecule has 182 valence electrons. The van der Waals surface area contributed by atoms with Crippen LogP contribution < -0.4 is 10.1 Å². The molecule has 35 heavy (non-hydrogen) atoms. The fourth-order valence-corrected chi connectivity index (χ4v) is 3.73. The first-order chi connectivity index (χ1) is 16.7. The maximum Gasteiger partial charge on any atom is 0.317 e. The van der Waals surface area contributed by atoms with E-state index in [0.29, 0.717) is 30.1 Å². The van der Waals surface area contributed by atoms with Crippen molar-refractivity contribution in [2.75, 3.05) is 13.7 Å². The van der Waals surface area contributed by atoms with Crippen LogP contribution in [0, 0.1) is 6.92 Å². The first-order valence-electron chi connectivity index (χ1n) is 11.0. The molecule has 0 fully saturated rings. The second kappa shape index (κ2) is 11.8. The average Bonchev–Trinajstić information content (AvgIpc) is 2.82. The zero-order chi connectivity index (χ0) is 25.4. The molecule has 0 radical (unpaired) electrons. The molecule has 2 N–H and O–H groups in total. The van der Waals surface area contributed by atoms with Crippen molar-refractivity contribution in [3.63, 3.8) is 0 Å². The van der Waals surface area contributed by atoms with Gasteiger partial charge in [0.05, 0.1) is 19.3 Å². The van der Waals surface area contributed by atoms with Crippen molar-refractivity contribution < 1.29 is 24.2 Å². The SMILES string of the molecule is COc1cccc(CNC(=O)c2cc(CN(CC(=O)O)Cc3ccc(C(C)=O)c(C)c3)ncn2)c1. The van der Waals surface area contributed by atoms with Gasteiger partial charge in [-0.15, -0.1) is 0 Å². The van der Waals surface area contributed by atoms with Crippen molar-refractivity contribution >= 4 is 17.7 Å². The van der Waals surface area contributed by atoms with Crippen LogP contribution in [0.5, 0.6) is 5.75 Å². The Hall–Kier alpha value is -4.11. The van der Waals surface area contributed by atoms with Gasteiger partial charge in [0.2, 0.25) is 0 Å². The van der Waals surface area contributed by atoms with Crippen LogP contribution in [0.25, 0.3) is 0 Å². The first kappa shape index (κ1) is 25.5. The Balaban J connectivity index is 1.69. The molecule has 2 aromatic carbocycles. The van der Waals surface area contributed by atoms with E-state index in [0.717, 1.165) is 16.7 Å².